The van der Waals surface area contributed by atoms with E-state index >= 15 is 0 Å². The van der Waals surface area contributed by atoms with Crippen LogP contribution in [0.1, 0.15) is 45.4 Å². The Morgan fingerprint density at radius 2 is 2.14 bits per heavy atom. The zero-order chi connectivity index (χ0) is 14.8. The Balaban J connectivity index is 1.61. The number of hydrogen-bond donors (Lipinski definition) is 1. The van der Waals surface area contributed by atoms with Gasteiger partial charge in [0.1, 0.15) is 11.3 Å². The fraction of sp³-hybridized carbons (Fsp3) is 0.474. The minimum absolute atomic E-state index is 0.263. The van der Waals surface area contributed by atoms with Gasteiger partial charge < -0.3 is 9.73 Å². The molecule has 2 nitrogen and oxygen atoms in total. The molecule has 0 saturated carbocycles. The molecule has 0 saturated heterocycles. The molecule has 1 heterocycles. The van der Waals surface area contributed by atoms with Crippen LogP contribution < -0.4 is 5.32 Å². The topological polar surface area (TPSA) is 25.2 Å². The number of allylic oxidation sites excluding steroid dienone is 2. The summed E-state index contributed by atoms with van der Waals surface area (Å²) in [5, 5.41) is 4.84. The third-order valence-corrected chi connectivity index (χ3v) is 4.47. The molecule has 3 unspecified atom stereocenters. The highest BCUT2D eigenvalue weighted by Gasteiger charge is 2.19. The average molecular weight is 283 g/mol. The Morgan fingerprint density at radius 3 is 2.90 bits per heavy atom. The molecule has 1 aliphatic carbocycles. The summed E-state index contributed by atoms with van der Waals surface area (Å²) >= 11 is 0. The number of nitrogens with one attached hydrogen (secondary N) is 1. The van der Waals surface area contributed by atoms with Gasteiger partial charge in [0.15, 0.2) is 0 Å². The van der Waals surface area contributed by atoms with Crippen LogP contribution in [0, 0.1) is 11.8 Å². The number of benzene rings is 1. The van der Waals surface area contributed by atoms with E-state index in [9.17, 15) is 0 Å². The Morgan fingerprint density at radius 1 is 1.33 bits per heavy atom. The molecule has 0 amide bonds. The molecule has 1 aliphatic rings. The van der Waals surface area contributed by atoms with Crippen LogP contribution in [0.2, 0.25) is 0 Å². The van der Waals surface area contributed by atoms with Crippen molar-refractivity contribution in [3.63, 3.8) is 0 Å². The van der Waals surface area contributed by atoms with Crippen LogP contribution in [0.5, 0.6) is 0 Å². The predicted molar refractivity (Wildman–Crippen MR) is 88.3 cm³/mol. The minimum Gasteiger partial charge on any atom is -0.459 e. The lowest BCUT2D eigenvalue weighted by Crippen LogP contribution is -2.28. The predicted octanol–water partition coefficient (Wildman–Crippen LogP) is 5.08. The molecule has 1 aromatic heterocycles. The summed E-state index contributed by atoms with van der Waals surface area (Å²) in [5.41, 5.74) is 2.52. The first-order valence-electron chi connectivity index (χ1n) is 8.01. The van der Waals surface area contributed by atoms with Crippen molar-refractivity contribution in [2.75, 3.05) is 6.54 Å². The van der Waals surface area contributed by atoms with Crippen LogP contribution >= 0.6 is 0 Å². The highest BCUT2D eigenvalue weighted by molar-refractivity contribution is 5.77. The molecule has 3 rings (SSSR count). The normalized spacial score (nSPS) is 24.0. The van der Waals surface area contributed by atoms with Crippen LogP contribution in [-0.4, -0.2) is 6.54 Å². The summed E-state index contributed by atoms with van der Waals surface area (Å²) in [7, 11) is 0. The van der Waals surface area contributed by atoms with Crippen LogP contribution in [0.4, 0.5) is 0 Å². The van der Waals surface area contributed by atoms with E-state index in [-0.39, 0.29) is 6.04 Å². The fourth-order valence-electron chi connectivity index (χ4n) is 3.50. The maximum absolute atomic E-state index is 5.94. The molecular weight excluding hydrogens is 258 g/mol. The third kappa shape index (κ3) is 3.38. The van der Waals surface area contributed by atoms with Gasteiger partial charge in [0.05, 0.1) is 6.04 Å². The molecule has 2 aromatic rings. The van der Waals surface area contributed by atoms with E-state index in [1.165, 1.54) is 23.8 Å². The second-order valence-electron chi connectivity index (χ2n) is 6.61. The van der Waals surface area contributed by atoms with E-state index in [1.54, 1.807) is 0 Å². The van der Waals surface area contributed by atoms with Gasteiger partial charge in [-0.1, -0.05) is 36.8 Å². The van der Waals surface area contributed by atoms with Gasteiger partial charge in [-0.05, 0) is 57.2 Å². The van der Waals surface area contributed by atoms with Crippen molar-refractivity contribution in [3.05, 3.63) is 47.7 Å². The van der Waals surface area contributed by atoms with Gasteiger partial charge in [-0.25, -0.2) is 0 Å². The van der Waals surface area contributed by atoms with Gasteiger partial charge >= 0.3 is 0 Å². The molecule has 1 aromatic carbocycles. The Labute approximate surface area is 127 Å². The SMILES string of the molecule is CC1=CC(C)CC(CNC(C)c2cc3ccccc3o2)C1. The van der Waals surface area contributed by atoms with Crippen LogP contribution in [0.3, 0.4) is 0 Å². The molecule has 0 aliphatic heterocycles. The Hall–Kier alpha value is -1.54. The maximum atomic E-state index is 5.94. The van der Waals surface area contributed by atoms with E-state index in [4.69, 9.17) is 4.42 Å². The van der Waals surface area contributed by atoms with Crippen LogP contribution in [-0.2, 0) is 0 Å². The van der Waals surface area contributed by atoms with Crippen molar-refractivity contribution >= 4 is 11.0 Å². The monoisotopic (exact) mass is 283 g/mol. The summed E-state index contributed by atoms with van der Waals surface area (Å²) < 4.78 is 5.94. The molecule has 0 spiro atoms. The van der Waals surface area contributed by atoms with E-state index in [2.05, 4.69) is 50.4 Å². The summed E-state index contributed by atoms with van der Waals surface area (Å²) in [6.07, 6.45) is 4.93. The van der Waals surface area contributed by atoms with E-state index in [0.717, 1.165) is 23.8 Å². The lowest BCUT2D eigenvalue weighted by Gasteiger charge is -2.26. The van der Waals surface area contributed by atoms with Gasteiger partial charge in [-0.15, -0.1) is 0 Å². The van der Waals surface area contributed by atoms with Crippen molar-refractivity contribution < 1.29 is 4.42 Å². The number of furan rings is 1. The molecule has 0 radical (unpaired) electrons. The van der Waals surface area contributed by atoms with Crippen molar-refractivity contribution in [1.29, 1.82) is 0 Å². The standard InChI is InChI=1S/C19H25NO/c1-13-8-14(2)10-16(9-13)12-20-15(3)19-11-17-6-4-5-7-18(17)21-19/h4-8,11,13,15-16,20H,9-10,12H2,1-3H3. The number of rotatable bonds is 4. The molecule has 1 N–H and O–H groups in total. The Kier molecular flexibility index (Phi) is 4.16. The second kappa shape index (κ2) is 6.07. The van der Waals surface area contributed by atoms with E-state index in [1.807, 2.05) is 12.1 Å². The highest BCUT2D eigenvalue weighted by atomic mass is 16.3. The summed E-state index contributed by atoms with van der Waals surface area (Å²) in [6, 6.07) is 10.6. The van der Waals surface area contributed by atoms with Gasteiger partial charge in [0, 0.05) is 5.39 Å². The third-order valence-electron chi connectivity index (χ3n) is 4.47. The molecular formula is C19H25NO. The van der Waals surface area contributed by atoms with Gasteiger partial charge in [0.2, 0.25) is 0 Å². The molecule has 2 heteroatoms. The zero-order valence-electron chi connectivity index (χ0n) is 13.2. The van der Waals surface area contributed by atoms with E-state index < -0.39 is 0 Å². The first-order valence-corrected chi connectivity index (χ1v) is 8.01. The largest absolute Gasteiger partial charge is 0.459 e. The van der Waals surface area contributed by atoms with Gasteiger partial charge in [0.25, 0.3) is 0 Å². The molecule has 0 fully saturated rings. The Bertz CT molecular complexity index is 607. The highest BCUT2D eigenvalue weighted by Crippen LogP contribution is 2.28. The minimum atomic E-state index is 0.263. The number of hydrogen-bond acceptors (Lipinski definition) is 2. The molecule has 3 atom stereocenters. The second-order valence-corrected chi connectivity index (χ2v) is 6.61. The van der Waals surface area contributed by atoms with E-state index in [0.29, 0.717) is 5.92 Å². The number of fused-ring (bicyclic) bond motifs is 1. The zero-order valence-corrected chi connectivity index (χ0v) is 13.2. The number of para-hydroxylation sites is 1. The van der Waals surface area contributed by atoms with Crippen LogP contribution in [0.15, 0.2) is 46.4 Å². The quantitative estimate of drug-likeness (QED) is 0.792. The van der Waals surface area contributed by atoms with Crippen molar-refractivity contribution in [2.45, 2.75) is 39.7 Å². The van der Waals surface area contributed by atoms with Gasteiger partial charge in [-0.3, -0.25) is 0 Å². The first-order chi connectivity index (χ1) is 10.1. The summed E-state index contributed by atoms with van der Waals surface area (Å²) in [6.45, 7) is 7.82. The van der Waals surface area contributed by atoms with Crippen molar-refractivity contribution in [2.24, 2.45) is 11.8 Å². The smallest absolute Gasteiger partial charge is 0.134 e. The molecule has 21 heavy (non-hydrogen) atoms. The summed E-state index contributed by atoms with van der Waals surface area (Å²) in [5.74, 6) is 2.50. The average Bonchev–Trinajstić information content (AvgIpc) is 2.87. The lowest BCUT2D eigenvalue weighted by molar-refractivity contribution is 0.352. The molecule has 112 valence electrons. The first kappa shape index (κ1) is 14.4. The van der Waals surface area contributed by atoms with Crippen molar-refractivity contribution in [3.8, 4) is 0 Å². The lowest BCUT2D eigenvalue weighted by atomic mass is 9.83. The van der Waals surface area contributed by atoms with Crippen molar-refractivity contribution in [1.82, 2.24) is 5.32 Å². The maximum Gasteiger partial charge on any atom is 0.134 e. The van der Waals surface area contributed by atoms with Gasteiger partial charge in [-0.2, -0.15) is 0 Å². The van der Waals surface area contributed by atoms with Crippen LogP contribution in [0.25, 0.3) is 11.0 Å². The summed E-state index contributed by atoms with van der Waals surface area (Å²) in [4.78, 5) is 0. The fourth-order valence-corrected chi connectivity index (χ4v) is 3.50. The molecule has 0 bridgehead atoms.